The predicted molar refractivity (Wildman–Crippen MR) is 51.3 cm³/mol. The molecule has 0 bridgehead atoms. The molecule has 70 valence electrons. The summed E-state index contributed by atoms with van der Waals surface area (Å²) in [4.78, 5) is 21.7. The molecule has 0 N–H and O–H groups in total. The fourth-order valence-corrected chi connectivity index (χ4v) is 1.29. The number of carbonyl (C=O) groups is 2. The molecule has 0 aromatic heterocycles. The van der Waals surface area contributed by atoms with E-state index in [1.165, 1.54) is 19.1 Å². The highest BCUT2D eigenvalue weighted by atomic mass is 16.1. The van der Waals surface area contributed by atoms with Crippen LogP contribution in [-0.4, -0.2) is 12.1 Å². The number of benzene rings is 1. The van der Waals surface area contributed by atoms with Gasteiger partial charge in [0.2, 0.25) is 0 Å². The first kappa shape index (κ1) is 10.1. The average Bonchev–Trinajstić information content (AvgIpc) is 2.17. The molecule has 3 heteroatoms. The molecule has 0 aliphatic heterocycles. The summed E-state index contributed by atoms with van der Waals surface area (Å²) >= 11 is 0. The maximum Gasteiger partial charge on any atom is 0.160 e. The number of Topliss-reactive ketones (excluding diaryl/α,β-unsaturated/α-hetero) is 1. The van der Waals surface area contributed by atoms with Crippen LogP contribution in [0.3, 0.4) is 0 Å². The molecule has 0 aliphatic rings. The van der Waals surface area contributed by atoms with Gasteiger partial charge in [-0.05, 0) is 31.5 Å². The molecule has 0 aliphatic carbocycles. The SMILES string of the molecule is CC(=O)c1cc(C=O)cc(C#N)c1C. The summed E-state index contributed by atoms with van der Waals surface area (Å²) in [5.74, 6) is -0.136. The molecular weight excluding hydrogens is 178 g/mol. The molecule has 0 heterocycles. The van der Waals surface area contributed by atoms with E-state index in [0.717, 1.165) is 0 Å². The van der Waals surface area contributed by atoms with Gasteiger partial charge in [-0.3, -0.25) is 9.59 Å². The third-order valence-corrected chi connectivity index (χ3v) is 2.07. The van der Waals surface area contributed by atoms with Crippen LogP contribution < -0.4 is 0 Å². The molecule has 0 unspecified atom stereocenters. The lowest BCUT2D eigenvalue weighted by Gasteiger charge is -2.04. The Labute approximate surface area is 82.0 Å². The standard InChI is InChI=1S/C11H9NO2/c1-7-10(5-12)3-9(6-13)4-11(7)8(2)14/h3-4,6H,1-2H3. The second-order valence-corrected chi connectivity index (χ2v) is 3.03. The van der Waals surface area contributed by atoms with Crippen molar-refractivity contribution in [3.05, 3.63) is 34.4 Å². The summed E-state index contributed by atoms with van der Waals surface area (Å²) < 4.78 is 0. The van der Waals surface area contributed by atoms with E-state index in [0.29, 0.717) is 28.5 Å². The molecule has 3 nitrogen and oxygen atoms in total. The van der Waals surface area contributed by atoms with Crippen molar-refractivity contribution >= 4 is 12.1 Å². The maximum atomic E-state index is 11.2. The van der Waals surface area contributed by atoms with Gasteiger partial charge in [-0.25, -0.2) is 0 Å². The van der Waals surface area contributed by atoms with Crippen molar-refractivity contribution in [3.63, 3.8) is 0 Å². The first-order chi connectivity index (χ1) is 6.60. The normalized spacial score (nSPS) is 9.21. The van der Waals surface area contributed by atoms with Gasteiger partial charge in [-0.1, -0.05) is 0 Å². The molecule has 0 radical (unpaired) electrons. The third kappa shape index (κ3) is 1.69. The quantitative estimate of drug-likeness (QED) is 0.524. The van der Waals surface area contributed by atoms with Gasteiger partial charge in [0.25, 0.3) is 0 Å². The molecule has 1 aromatic carbocycles. The topological polar surface area (TPSA) is 57.9 Å². The van der Waals surface area contributed by atoms with Gasteiger partial charge in [0, 0.05) is 11.1 Å². The fraction of sp³-hybridized carbons (Fsp3) is 0.182. The Morgan fingerprint density at radius 3 is 2.57 bits per heavy atom. The number of hydrogen-bond donors (Lipinski definition) is 0. The molecule has 0 atom stereocenters. The molecule has 0 spiro atoms. The zero-order valence-electron chi connectivity index (χ0n) is 8.00. The van der Waals surface area contributed by atoms with Crippen LogP contribution in [0.2, 0.25) is 0 Å². The van der Waals surface area contributed by atoms with Crippen LogP contribution in [0.1, 0.15) is 38.8 Å². The van der Waals surface area contributed by atoms with Crippen molar-refractivity contribution in [3.8, 4) is 6.07 Å². The summed E-state index contributed by atoms with van der Waals surface area (Å²) in [6, 6.07) is 4.94. The highest BCUT2D eigenvalue weighted by Gasteiger charge is 2.09. The molecular formula is C11H9NO2. The van der Waals surface area contributed by atoms with Crippen LogP contribution in [-0.2, 0) is 0 Å². The van der Waals surface area contributed by atoms with Gasteiger partial charge in [-0.2, -0.15) is 5.26 Å². The number of hydrogen-bond acceptors (Lipinski definition) is 3. The minimum atomic E-state index is -0.136. The Hall–Kier alpha value is -1.95. The molecule has 0 fully saturated rings. The van der Waals surface area contributed by atoms with E-state index >= 15 is 0 Å². The van der Waals surface area contributed by atoms with Gasteiger partial charge in [0.1, 0.15) is 6.29 Å². The molecule has 0 saturated heterocycles. The van der Waals surface area contributed by atoms with Crippen molar-refractivity contribution in [1.82, 2.24) is 0 Å². The Kier molecular flexibility index (Phi) is 2.78. The van der Waals surface area contributed by atoms with Gasteiger partial charge in [0.15, 0.2) is 5.78 Å². The van der Waals surface area contributed by atoms with Gasteiger partial charge in [-0.15, -0.1) is 0 Å². The molecule has 1 rings (SSSR count). The van der Waals surface area contributed by atoms with Gasteiger partial charge >= 0.3 is 0 Å². The van der Waals surface area contributed by atoms with Crippen molar-refractivity contribution in [2.45, 2.75) is 13.8 Å². The van der Waals surface area contributed by atoms with Crippen molar-refractivity contribution in [1.29, 1.82) is 5.26 Å². The molecule has 14 heavy (non-hydrogen) atoms. The van der Waals surface area contributed by atoms with Crippen molar-refractivity contribution in [2.24, 2.45) is 0 Å². The highest BCUT2D eigenvalue weighted by molar-refractivity contribution is 5.97. The van der Waals surface area contributed by atoms with Crippen LogP contribution in [0.15, 0.2) is 12.1 Å². The van der Waals surface area contributed by atoms with E-state index < -0.39 is 0 Å². The Morgan fingerprint density at radius 1 is 1.50 bits per heavy atom. The average molecular weight is 187 g/mol. The summed E-state index contributed by atoms with van der Waals surface area (Å²) in [5.41, 5.74) is 1.80. The van der Waals surface area contributed by atoms with E-state index in [9.17, 15) is 9.59 Å². The zero-order valence-corrected chi connectivity index (χ0v) is 8.00. The lowest BCUT2D eigenvalue weighted by molar-refractivity contribution is 0.101. The summed E-state index contributed by atoms with van der Waals surface area (Å²) in [5, 5.41) is 8.77. The highest BCUT2D eigenvalue weighted by Crippen LogP contribution is 2.16. The number of carbonyl (C=O) groups excluding carboxylic acids is 2. The second-order valence-electron chi connectivity index (χ2n) is 3.03. The number of ketones is 1. The molecule has 0 saturated carbocycles. The zero-order chi connectivity index (χ0) is 10.7. The number of nitriles is 1. The summed E-state index contributed by atoms with van der Waals surface area (Å²) in [7, 11) is 0. The Morgan fingerprint density at radius 2 is 2.14 bits per heavy atom. The number of nitrogens with zero attached hydrogens (tertiary/aromatic N) is 1. The van der Waals surface area contributed by atoms with Crippen LogP contribution in [0.25, 0.3) is 0 Å². The fourth-order valence-electron chi connectivity index (χ4n) is 1.29. The lowest BCUT2D eigenvalue weighted by atomic mass is 9.97. The Bertz CT molecular complexity index is 441. The van der Waals surface area contributed by atoms with E-state index in [4.69, 9.17) is 5.26 Å². The monoisotopic (exact) mass is 187 g/mol. The Balaban J connectivity index is 3.51. The smallest absolute Gasteiger partial charge is 0.160 e. The van der Waals surface area contributed by atoms with Gasteiger partial charge in [0.05, 0.1) is 11.6 Å². The van der Waals surface area contributed by atoms with Crippen LogP contribution in [0, 0.1) is 18.3 Å². The van der Waals surface area contributed by atoms with Gasteiger partial charge < -0.3 is 0 Å². The molecule has 1 aromatic rings. The van der Waals surface area contributed by atoms with Crippen LogP contribution in [0.4, 0.5) is 0 Å². The molecule has 0 amide bonds. The van der Waals surface area contributed by atoms with E-state index in [2.05, 4.69) is 0 Å². The van der Waals surface area contributed by atoms with E-state index in [1.54, 1.807) is 6.92 Å². The van der Waals surface area contributed by atoms with Crippen LogP contribution >= 0.6 is 0 Å². The van der Waals surface area contributed by atoms with E-state index in [1.807, 2.05) is 6.07 Å². The first-order valence-corrected chi connectivity index (χ1v) is 4.11. The van der Waals surface area contributed by atoms with Crippen LogP contribution in [0.5, 0.6) is 0 Å². The second kappa shape index (κ2) is 3.84. The first-order valence-electron chi connectivity index (χ1n) is 4.11. The van der Waals surface area contributed by atoms with E-state index in [-0.39, 0.29) is 5.78 Å². The largest absolute Gasteiger partial charge is 0.298 e. The minimum absolute atomic E-state index is 0.136. The minimum Gasteiger partial charge on any atom is -0.298 e. The third-order valence-electron chi connectivity index (χ3n) is 2.07. The number of rotatable bonds is 2. The number of aldehydes is 1. The van der Waals surface area contributed by atoms with Crippen molar-refractivity contribution in [2.75, 3.05) is 0 Å². The lowest BCUT2D eigenvalue weighted by Crippen LogP contribution is -2.00. The summed E-state index contributed by atoms with van der Waals surface area (Å²) in [6.45, 7) is 3.11. The predicted octanol–water partition coefficient (Wildman–Crippen LogP) is 1.88. The maximum absolute atomic E-state index is 11.2. The van der Waals surface area contributed by atoms with Crippen molar-refractivity contribution < 1.29 is 9.59 Å². The summed E-state index contributed by atoms with van der Waals surface area (Å²) in [6.07, 6.45) is 0.632.